The first kappa shape index (κ1) is 18.1. The number of carbonyl (C=O) groups excluding carboxylic acids is 1. The van der Waals surface area contributed by atoms with Crippen LogP contribution in [-0.4, -0.2) is 11.4 Å². The molecular formula is C18H14ClF3O2. The molecular weight excluding hydrogens is 341 g/mol. The minimum atomic E-state index is -1.18. The van der Waals surface area contributed by atoms with Gasteiger partial charge in [0, 0.05) is 5.56 Å². The molecule has 0 aliphatic rings. The van der Waals surface area contributed by atoms with Crippen LogP contribution in [0.2, 0.25) is 5.02 Å². The molecule has 0 unspecified atom stereocenters. The first-order valence-corrected chi connectivity index (χ1v) is 7.39. The Bertz CT molecular complexity index is 784. The zero-order chi connectivity index (χ0) is 17.9. The average Bonchev–Trinajstić information content (AvgIpc) is 2.54. The molecule has 6 heteroatoms. The van der Waals surface area contributed by atoms with E-state index in [4.69, 9.17) is 16.3 Å². The van der Waals surface area contributed by atoms with Crippen LogP contribution >= 0.6 is 11.6 Å². The van der Waals surface area contributed by atoms with Crippen molar-refractivity contribution in [3.8, 4) is 5.75 Å². The predicted octanol–water partition coefficient (Wildman–Crippen LogP) is 5.35. The van der Waals surface area contributed by atoms with Crippen molar-refractivity contribution in [3.05, 3.63) is 76.6 Å². The minimum absolute atomic E-state index is 0.270. The number of ketones is 1. The standard InChI is InChI=1S/C18H14ClF3O2/c1-18(2,24-17-14(21)8-7-13(19)16(17)22)10-9-15(23)11-3-5-12(20)6-4-11/h3-10H,1-2H3/b10-9+. The Balaban J connectivity index is 2.18. The van der Waals surface area contributed by atoms with Crippen molar-refractivity contribution in [1.29, 1.82) is 0 Å². The van der Waals surface area contributed by atoms with E-state index in [1.165, 1.54) is 50.3 Å². The molecule has 0 bridgehead atoms. The highest BCUT2D eigenvalue weighted by molar-refractivity contribution is 6.30. The summed E-state index contributed by atoms with van der Waals surface area (Å²) < 4.78 is 45.7. The van der Waals surface area contributed by atoms with E-state index in [9.17, 15) is 18.0 Å². The molecule has 0 amide bonds. The van der Waals surface area contributed by atoms with Crippen LogP contribution in [0.15, 0.2) is 48.6 Å². The Labute approximate surface area is 142 Å². The molecule has 0 saturated heterocycles. The van der Waals surface area contributed by atoms with Gasteiger partial charge in [-0.05, 0) is 62.4 Å². The third-order valence-corrected chi connectivity index (χ3v) is 3.42. The monoisotopic (exact) mass is 354 g/mol. The molecule has 2 aromatic rings. The van der Waals surface area contributed by atoms with E-state index in [0.29, 0.717) is 0 Å². The highest BCUT2D eigenvalue weighted by Crippen LogP contribution is 2.31. The van der Waals surface area contributed by atoms with E-state index in [1.54, 1.807) is 0 Å². The Morgan fingerprint density at radius 1 is 1.08 bits per heavy atom. The molecule has 0 heterocycles. The Morgan fingerprint density at radius 2 is 1.71 bits per heavy atom. The lowest BCUT2D eigenvalue weighted by Gasteiger charge is -2.23. The number of rotatable bonds is 5. The van der Waals surface area contributed by atoms with E-state index in [1.807, 2.05) is 0 Å². The summed E-state index contributed by atoms with van der Waals surface area (Å²) in [5, 5.41) is -0.270. The highest BCUT2D eigenvalue weighted by Gasteiger charge is 2.23. The van der Waals surface area contributed by atoms with Crippen molar-refractivity contribution < 1.29 is 22.7 Å². The van der Waals surface area contributed by atoms with E-state index in [0.717, 1.165) is 12.1 Å². The quantitative estimate of drug-likeness (QED) is 0.411. The average molecular weight is 355 g/mol. The molecule has 0 spiro atoms. The first-order valence-electron chi connectivity index (χ1n) is 7.01. The predicted molar refractivity (Wildman–Crippen MR) is 85.9 cm³/mol. The summed E-state index contributed by atoms with van der Waals surface area (Å²) in [6.45, 7) is 3.06. The SMILES string of the molecule is CC(C)(/C=C/C(=O)c1ccc(F)cc1)Oc1c(F)ccc(Cl)c1F. The topological polar surface area (TPSA) is 26.3 Å². The summed E-state index contributed by atoms with van der Waals surface area (Å²) >= 11 is 5.61. The van der Waals surface area contributed by atoms with Gasteiger partial charge in [-0.25, -0.2) is 13.2 Å². The van der Waals surface area contributed by atoms with Crippen molar-refractivity contribution in [3.63, 3.8) is 0 Å². The Morgan fingerprint density at radius 3 is 2.33 bits per heavy atom. The number of benzene rings is 2. The fourth-order valence-electron chi connectivity index (χ4n) is 1.89. The van der Waals surface area contributed by atoms with Crippen LogP contribution < -0.4 is 4.74 Å². The Kier molecular flexibility index (Phi) is 5.34. The molecule has 0 aliphatic heterocycles. The zero-order valence-corrected chi connectivity index (χ0v) is 13.7. The second-order valence-corrected chi connectivity index (χ2v) is 5.99. The Hall–Kier alpha value is -2.27. The van der Waals surface area contributed by atoms with Crippen molar-refractivity contribution >= 4 is 17.4 Å². The fourth-order valence-corrected chi connectivity index (χ4v) is 2.03. The lowest BCUT2D eigenvalue weighted by atomic mass is 10.1. The normalized spacial score (nSPS) is 11.8. The van der Waals surface area contributed by atoms with Crippen LogP contribution in [0.1, 0.15) is 24.2 Å². The zero-order valence-electron chi connectivity index (χ0n) is 12.9. The summed E-state index contributed by atoms with van der Waals surface area (Å²) in [6.07, 6.45) is 2.56. The molecule has 2 rings (SSSR count). The lowest BCUT2D eigenvalue weighted by Crippen LogP contribution is -2.26. The number of hydrogen-bond acceptors (Lipinski definition) is 2. The molecule has 0 aromatic heterocycles. The molecule has 126 valence electrons. The van der Waals surface area contributed by atoms with Gasteiger partial charge < -0.3 is 4.74 Å². The van der Waals surface area contributed by atoms with Crippen molar-refractivity contribution in [1.82, 2.24) is 0 Å². The van der Waals surface area contributed by atoms with Crippen LogP contribution in [0.5, 0.6) is 5.75 Å². The molecule has 2 aromatic carbocycles. The smallest absolute Gasteiger partial charge is 0.193 e. The van der Waals surface area contributed by atoms with Gasteiger partial charge in [0.1, 0.15) is 11.4 Å². The third-order valence-electron chi connectivity index (χ3n) is 3.13. The second-order valence-electron chi connectivity index (χ2n) is 5.58. The maximum absolute atomic E-state index is 13.9. The molecule has 0 fully saturated rings. The summed E-state index contributed by atoms with van der Waals surface area (Å²) in [4.78, 5) is 12.0. The number of ether oxygens (including phenoxy) is 1. The lowest BCUT2D eigenvalue weighted by molar-refractivity contribution is 0.103. The highest BCUT2D eigenvalue weighted by atomic mass is 35.5. The number of carbonyl (C=O) groups is 1. The van der Waals surface area contributed by atoms with Gasteiger partial charge in [0.25, 0.3) is 0 Å². The second kappa shape index (κ2) is 7.09. The van der Waals surface area contributed by atoms with Crippen LogP contribution in [0.25, 0.3) is 0 Å². The molecule has 0 aliphatic carbocycles. The molecule has 0 N–H and O–H groups in total. The van der Waals surface area contributed by atoms with Gasteiger partial charge in [0.2, 0.25) is 0 Å². The van der Waals surface area contributed by atoms with Crippen LogP contribution in [0.3, 0.4) is 0 Å². The maximum atomic E-state index is 13.9. The molecule has 0 atom stereocenters. The van der Waals surface area contributed by atoms with Crippen LogP contribution in [0.4, 0.5) is 13.2 Å². The molecule has 2 nitrogen and oxygen atoms in total. The van der Waals surface area contributed by atoms with Crippen molar-refractivity contribution in [2.24, 2.45) is 0 Å². The minimum Gasteiger partial charge on any atom is -0.478 e. The van der Waals surface area contributed by atoms with Crippen LogP contribution in [0, 0.1) is 17.5 Å². The van der Waals surface area contributed by atoms with Gasteiger partial charge in [-0.3, -0.25) is 4.79 Å². The van der Waals surface area contributed by atoms with Gasteiger partial charge in [-0.2, -0.15) is 0 Å². The maximum Gasteiger partial charge on any atom is 0.193 e. The first-order chi connectivity index (χ1) is 11.2. The number of hydrogen-bond donors (Lipinski definition) is 0. The molecule has 0 saturated carbocycles. The van der Waals surface area contributed by atoms with E-state index >= 15 is 0 Å². The van der Waals surface area contributed by atoms with E-state index in [2.05, 4.69) is 0 Å². The van der Waals surface area contributed by atoms with Crippen molar-refractivity contribution in [2.45, 2.75) is 19.4 Å². The van der Waals surface area contributed by atoms with Gasteiger partial charge in [0.05, 0.1) is 5.02 Å². The summed E-state index contributed by atoms with van der Waals surface area (Å²) in [7, 11) is 0. The van der Waals surface area contributed by atoms with E-state index in [-0.39, 0.29) is 10.6 Å². The summed E-state index contributed by atoms with van der Waals surface area (Å²) in [6, 6.07) is 7.08. The van der Waals surface area contributed by atoms with Gasteiger partial charge in [0.15, 0.2) is 23.2 Å². The van der Waals surface area contributed by atoms with Gasteiger partial charge >= 0.3 is 0 Å². The molecule has 24 heavy (non-hydrogen) atoms. The van der Waals surface area contributed by atoms with E-state index < -0.39 is 34.6 Å². The third kappa shape index (κ3) is 4.38. The molecule has 0 radical (unpaired) electrons. The van der Waals surface area contributed by atoms with Crippen LogP contribution in [-0.2, 0) is 0 Å². The summed E-state index contributed by atoms with van der Waals surface area (Å²) in [5.74, 6) is -3.37. The van der Waals surface area contributed by atoms with Gasteiger partial charge in [-0.1, -0.05) is 11.6 Å². The largest absolute Gasteiger partial charge is 0.478 e. The van der Waals surface area contributed by atoms with Gasteiger partial charge in [-0.15, -0.1) is 0 Å². The number of allylic oxidation sites excluding steroid dienone is 1. The summed E-state index contributed by atoms with van der Waals surface area (Å²) in [5.41, 5.74) is -0.897. The number of halogens is 4. The van der Waals surface area contributed by atoms with Crippen molar-refractivity contribution in [2.75, 3.05) is 0 Å². The fraction of sp³-hybridized carbons (Fsp3) is 0.167.